The minimum absolute atomic E-state index is 0.141. The van der Waals surface area contributed by atoms with Crippen LogP contribution in [0.15, 0.2) is 44.7 Å². The molecule has 2 heterocycles. The lowest BCUT2D eigenvalue weighted by molar-refractivity contribution is 0.358. The van der Waals surface area contributed by atoms with E-state index in [2.05, 4.69) is 27.9 Å². The van der Waals surface area contributed by atoms with Crippen LogP contribution in [0, 0.1) is 6.92 Å². The number of halogens is 1. The van der Waals surface area contributed by atoms with Gasteiger partial charge in [-0.25, -0.2) is 4.68 Å². The van der Waals surface area contributed by atoms with Crippen LogP contribution in [0.4, 0.5) is 0 Å². The molecular weight excluding hydrogens is 348 g/mol. The van der Waals surface area contributed by atoms with E-state index in [-0.39, 0.29) is 12.1 Å². The highest BCUT2D eigenvalue weighted by molar-refractivity contribution is 7.80. The van der Waals surface area contributed by atoms with Crippen molar-refractivity contribution in [2.24, 2.45) is 0 Å². The van der Waals surface area contributed by atoms with Gasteiger partial charge in [0, 0.05) is 21.9 Å². The van der Waals surface area contributed by atoms with Crippen LogP contribution in [0.1, 0.15) is 22.8 Å². The standard InChI is InChI=1S/C16H15ClN4O2S/c1-10-13(24)8-18-21(16(10)22)9-15-19-14(20-23-15)7-4-11-2-5-12(17)6-3-11/h2-3,5-6,8,24H,4,7,9H2,1H3. The highest BCUT2D eigenvalue weighted by Gasteiger charge is 2.11. The molecule has 24 heavy (non-hydrogen) atoms. The third-order valence-corrected chi connectivity index (χ3v) is 4.31. The lowest BCUT2D eigenvalue weighted by Crippen LogP contribution is -2.25. The van der Waals surface area contributed by atoms with Crippen molar-refractivity contribution in [3.05, 3.63) is 68.7 Å². The van der Waals surface area contributed by atoms with Gasteiger partial charge in [-0.3, -0.25) is 4.79 Å². The molecule has 2 aromatic heterocycles. The molecule has 3 aromatic rings. The summed E-state index contributed by atoms with van der Waals surface area (Å²) in [6, 6.07) is 7.64. The summed E-state index contributed by atoms with van der Waals surface area (Å²) < 4.78 is 6.48. The molecule has 0 N–H and O–H groups in total. The van der Waals surface area contributed by atoms with Gasteiger partial charge in [0.15, 0.2) is 5.82 Å². The number of aromatic nitrogens is 4. The smallest absolute Gasteiger partial charge is 0.271 e. The summed E-state index contributed by atoms with van der Waals surface area (Å²) >= 11 is 10.0. The number of benzene rings is 1. The number of nitrogens with zero attached hydrogens (tertiary/aromatic N) is 4. The first-order valence-electron chi connectivity index (χ1n) is 7.34. The zero-order valence-electron chi connectivity index (χ0n) is 12.9. The number of aryl methyl sites for hydroxylation is 2. The molecule has 1 aromatic carbocycles. The molecule has 0 aliphatic heterocycles. The Morgan fingerprint density at radius 1 is 1.25 bits per heavy atom. The van der Waals surface area contributed by atoms with Crippen molar-refractivity contribution in [2.45, 2.75) is 31.2 Å². The maximum absolute atomic E-state index is 12.1. The van der Waals surface area contributed by atoms with Crippen LogP contribution in [0.3, 0.4) is 0 Å². The van der Waals surface area contributed by atoms with Crippen LogP contribution in [0.5, 0.6) is 0 Å². The van der Waals surface area contributed by atoms with Gasteiger partial charge in [-0.2, -0.15) is 10.1 Å². The molecule has 0 saturated heterocycles. The van der Waals surface area contributed by atoms with Crippen LogP contribution < -0.4 is 5.56 Å². The molecule has 0 amide bonds. The first-order valence-corrected chi connectivity index (χ1v) is 8.17. The molecule has 0 saturated carbocycles. The van der Waals surface area contributed by atoms with Gasteiger partial charge in [0.05, 0.1) is 6.20 Å². The van der Waals surface area contributed by atoms with Crippen molar-refractivity contribution in [1.82, 2.24) is 19.9 Å². The highest BCUT2D eigenvalue weighted by Crippen LogP contribution is 2.11. The van der Waals surface area contributed by atoms with Crippen LogP contribution in [0.2, 0.25) is 5.02 Å². The summed E-state index contributed by atoms with van der Waals surface area (Å²) in [5, 5.41) is 8.69. The van der Waals surface area contributed by atoms with E-state index in [1.54, 1.807) is 6.92 Å². The Kier molecular flexibility index (Phi) is 5.01. The van der Waals surface area contributed by atoms with Gasteiger partial charge in [0.25, 0.3) is 5.56 Å². The zero-order valence-corrected chi connectivity index (χ0v) is 14.6. The topological polar surface area (TPSA) is 73.8 Å². The molecule has 124 valence electrons. The van der Waals surface area contributed by atoms with Crippen molar-refractivity contribution in [3.63, 3.8) is 0 Å². The predicted octanol–water partition coefficient (Wildman–Crippen LogP) is 2.71. The van der Waals surface area contributed by atoms with Gasteiger partial charge in [-0.1, -0.05) is 28.9 Å². The van der Waals surface area contributed by atoms with Crippen molar-refractivity contribution < 1.29 is 4.52 Å². The Balaban J connectivity index is 1.66. The van der Waals surface area contributed by atoms with Gasteiger partial charge in [0.1, 0.15) is 6.54 Å². The van der Waals surface area contributed by atoms with E-state index < -0.39 is 0 Å². The summed E-state index contributed by atoms with van der Waals surface area (Å²) in [4.78, 5) is 17.0. The molecule has 0 spiro atoms. The number of rotatable bonds is 5. The summed E-state index contributed by atoms with van der Waals surface area (Å²) in [6.07, 6.45) is 2.95. The fourth-order valence-electron chi connectivity index (χ4n) is 2.18. The van der Waals surface area contributed by atoms with E-state index in [1.807, 2.05) is 24.3 Å². The van der Waals surface area contributed by atoms with Gasteiger partial charge >= 0.3 is 0 Å². The molecule has 0 atom stereocenters. The summed E-state index contributed by atoms with van der Waals surface area (Å²) in [7, 11) is 0. The number of hydrogen-bond acceptors (Lipinski definition) is 6. The summed E-state index contributed by atoms with van der Waals surface area (Å²) in [5.74, 6) is 0.942. The van der Waals surface area contributed by atoms with E-state index in [0.29, 0.717) is 33.6 Å². The average molecular weight is 363 g/mol. The molecular formula is C16H15ClN4O2S. The molecule has 0 aliphatic rings. The van der Waals surface area contributed by atoms with E-state index >= 15 is 0 Å². The normalized spacial score (nSPS) is 11.0. The Hall–Kier alpha value is -2.12. The number of hydrogen-bond donors (Lipinski definition) is 1. The second kappa shape index (κ2) is 7.19. The van der Waals surface area contributed by atoms with Gasteiger partial charge in [-0.15, -0.1) is 12.6 Å². The monoisotopic (exact) mass is 362 g/mol. The quantitative estimate of drug-likeness (QED) is 0.706. The molecule has 0 radical (unpaired) electrons. The lowest BCUT2D eigenvalue weighted by Gasteiger charge is -2.03. The second-order valence-corrected chi connectivity index (χ2v) is 6.27. The minimum Gasteiger partial charge on any atom is -0.337 e. The van der Waals surface area contributed by atoms with Gasteiger partial charge in [0.2, 0.25) is 5.89 Å². The Labute approximate surface area is 148 Å². The fourth-order valence-corrected chi connectivity index (χ4v) is 2.45. The Morgan fingerprint density at radius 2 is 2.00 bits per heavy atom. The Bertz CT molecular complexity index is 905. The first kappa shape index (κ1) is 16.7. The second-order valence-electron chi connectivity index (χ2n) is 5.35. The van der Waals surface area contributed by atoms with Crippen molar-refractivity contribution in [2.75, 3.05) is 0 Å². The third-order valence-electron chi connectivity index (χ3n) is 3.60. The maximum Gasteiger partial charge on any atom is 0.271 e. The molecule has 3 rings (SSSR count). The molecule has 0 fully saturated rings. The molecule has 0 aliphatic carbocycles. The van der Waals surface area contributed by atoms with E-state index in [9.17, 15) is 4.79 Å². The first-order chi connectivity index (χ1) is 11.5. The van der Waals surface area contributed by atoms with E-state index in [1.165, 1.54) is 10.9 Å². The van der Waals surface area contributed by atoms with Crippen molar-refractivity contribution >= 4 is 24.2 Å². The third kappa shape index (κ3) is 3.85. The fraction of sp³-hybridized carbons (Fsp3) is 0.250. The molecule has 0 bridgehead atoms. The van der Waals surface area contributed by atoms with Gasteiger partial charge in [-0.05, 0) is 31.0 Å². The zero-order chi connectivity index (χ0) is 17.1. The van der Waals surface area contributed by atoms with Crippen molar-refractivity contribution in [3.8, 4) is 0 Å². The highest BCUT2D eigenvalue weighted by atomic mass is 35.5. The van der Waals surface area contributed by atoms with E-state index in [0.717, 1.165) is 12.0 Å². The SMILES string of the molecule is Cc1c(S)cnn(Cc2nc(CCc3ccc(Cl)cc3)no2)c1=O. The lowest BCUT2D eigenvalue weighted by atomic mass is 10.1. The maximum atomic E-state index is 12.1. The van der Waals surface area contributed by atoms with Crippen LogP contribution in [0.25, 0.3) is 0 Å². The predicted molar refractivity (Wildman–Crippen MR) is 92.7 cm³/mol. The van der Waals surface area contributed by atoms with Crippen LogP contribution >= 0.6 is 24.2 Å². The van der Waals surface area contributed by atoms with Crippen molar-refractivity contribution in [1.29, 1.82) is 0 Å². The summed E-state index contributed by atoms with van der Waals surface area (Å²) in [6.45, 7) is 1.84. The molecule has 8 heteroatoms. The van der Waals surface area contributed by atoms with Gasteiger partial charge < -0.3 is 4.52 Å². The van der Waals surface area contributed by atoms with Crippen LogP contribution in [-0.2, 0) is 19.4 Å². The minimum atomic E-state index is -0.219. The number of thiol groups is 1. The van der Waals surface area contributed by atoms with Crippen LogP contribution in [-0.4, -0.2) is 19.9 Å². The summed E-state index contributed by atoms with van der Waals surface area (Å²) in [5.41, 5.74) is 1.46. The Morgan fingerprint density at radius 3 is 2.75 bits per heavy atom. The average Bonchev–Trinajstić information content (AvgIpc) is 3.02. The largest absolute Gasteiger partial charge is 0.337 e. The van der Waals surface area contributed by atoms with E-state index in [4.69, 9.17) is 16.1 Å². The molecule has 6 nitrogen and oxygen atoms in total. The molecule has 0 unspecified atom stereocenters.